The third-order valence-electron chi connectivity index (χ3n) is 5.16. The van der Waals surface area contributed by atoms with E-state index >= 15 is 0 Å². The molecule has 0 bridgehead atoms. The highest BCUT2D eigenvalue weighted by molar-refractivity contribution is 5.93. The number of aryl methyl sites for hydroxylation is 3. The fourth-order valence-electron chi connectivity index (χ4n) is 3.30. The Balaban J connectivity index is 1.61. The van der Waals surface area contributed by atoms with Crippen molar-refractivity contribution in [2.75, 3.05) is 6.54 Å². The summed E-state index contributed by atoms with van der Waals surface area (Å²) in [5, 5.41) is 10.6. The first-order valence-corrected chi connectivity index (χ1v) is 10.0. The Morgan fingerprint density at radius 2 is 1.94 bits per heavy atom. The van der Waals surface area contributed by atoms with Crippen LogP contribution in [0.2, 0.25) is 0 Å². The van der Waals surface area contributed by atoms with Crippen LogP contribution in [-0.2, 0) is 12.7 Å². The molecule has 1 amide bonds. The third-order valence-corrected chi connectivity index (χ3v) is 5.16. The number of hydrogen-bond acceptors (Lipinski definition) is 4. The monoisotopic (exact) mass is 442 g/mol. The number of benzene rings is 1. The van der Waals surface area contributed by atoms with Crippen molar-refractivity contribution in [3.63, 3.8) is 0 Å². The second-order valence-electron chi connectivity index (χ2n) is 7.50. The lowest BCUT2D eigenvalue weighted by atomic mass is 10.0. The Kier molecular flexibility index (Phi) is 5.68. The SMILES string of the molecule is Cc1ccc(-c2cc(C(F)(F)F)n3nc(C(=O)NCCCn4cccn4)cc3n2)cc1C. The predicted octanol–water partition coefficient (Wildman–Crippen LogP) is 4.05. The van der Waals surface area contributed by atoms with Crippen molar-refractivity contribution < 1.29 is 18.0 Å². The smallest absolute Gasteiger partial charge is 0.351 e. The summed E-state index contributed by atoms with van der Waals surface area (Å²) in [4.78, 5) is 16.8. The van der Waals surface area contributed by atoms with E-state index in [0.717, 1.165) is 17.2 Å². The van der Waals surface area contributed by atoms with Crippen LogP contribution in [0.5, 0.6) is 0 Å². The number of rotatable bonds is 6. The Hall–Kier alpha value is -3.69. The molecule has 0 unspecified atom stereocenters. The van der Waals surface area contributed by atoms with E-state index in [-0.39, 0.29) is 17.0 Å². The van der Waals surface area contributed by atoms with Gasteiger partial charge in [0.25, 0.3) is 5.91 Å². The van der Waals surface area contributed by atoms with Crippen LogP contribution in [0.15, 0.2) is 48.8 Å². The predicted molar refractivity (Wildman–Crippen MR) is 112 cm³/mol. The summed E-state index contributed by atoms with van der Waals surface area (Å²) in [7, 11) is 0. The number of nitrogens with zero attached hydrogens (tertiary/aromatic N) is 5. The van der Waals surface area contributed by atoms with E-state index in [9.17, 15) is 18.0 Å². The van der Waals surface area contributed by atoms with Crippen LogP contribution in [0.25, 0.3) is 16.9 Å². The van der Waals surface area contributed by atoms with Gasteiger partial charge in [-0.3, -0.25) is 9.48 Å². The molecule has 0 saturated heterocycles. The van der Waals surface area contributed by atoms with E-state index in [1.54, 1.807) is 35.3 Å². The highest BCUT2D eigenvalue weighted by Crippen LogP contribution is 2.32. The van der Waals surface area contributed by atoms with Crippen molar-refractivity contribution >= 4 is 11.6 Å². The van der Waals surface area contributed by atoms with Gasteiger partial charge in [-0.2, -0.15) is 23.4 Å². The fraction of sp³-hybridized carbons (Fsp3) is 0.273. The summed E-state index contributed by atoms with van der Waals surface area (Å²) in [6, 6.07) is 9.37. The van der Waals surface area contributed by atoms with Gasteiger partial charge in [0.2, 0.25) is 0 Å². The van der Waals surface area contributed by atoms with E-state index in [4.69, 9.17) is 0 Å². The van der Waals surface area contributed by atoms with E-state index in [0.29, 0.717) is 29.6 Å². The summed E-state index contributed by atoms with van der Waals surface area (Å²) >= 11 is 0. The second kappa shape index (κ2) is 8.45. The minimum Gasteiger partial charge on any atom is -0.351 e. The number of amides is 1. The normalized spacial score (nSPS) is 11.8. The van der Waals surface area contributed by atoms with Gasteiger partial charge in [0.05, 0.1) is 5.69 Å². The summed E-state index contributed by atoms with van der Waals surface area (Å²) in [5.74, 6) is -0.558. The zero-order valence-corrected chi connectivity index (χ0v) is 17.5. The van der Waals surface area contributed by atoms with Crippen molar-refractivity contribution in [3.05, 3.63) is 71.3 Å². The quantitative estimate of drug-likeness (QED) is 0.457. The highest BCUT2D eigenvalue weighted by Gasteiger charge is 2.35. The average molecular weight is 442 g/mol. The largest absolute Gasteiger partial charge is 0.433 e. The van der Waals surface area contributed by atoms with E-state index in [1.165, 1.54) is 6.07 Å². The van der Waals surface area contributed by atoms with Crippen LogP contribution in [0, 0.1) is 13.8 Å². The molecular formula is C22H21F3N6O. The Bertz CT molecular complexity index is 1260. The molecule has 0 aliphatic carbocycles. The topological polar surface area (TPSA) is 77.1 Å². The molecule has 0 atom stereocenters. The fourth-order valence-corrected chi connectivity index (χ4v) is 3.30. The molecule has 166 valence electrons. The third kappa shape index (κ3) is 4.48. The molecule has 3 heterocycles. The number of halogens is 3. The van der Waals surface area contributed by atoms with Crippen molar-refractivity contribution in [3.8, 4) is 11.3 Å². The first-order chi connectivity index (χ1) is 15.2. The zero-order chi connectivity index (χ0) is 22.9. The Morgan fingerprint density at radius 3 is 2.62 bits per heavy atom. The minimum atomic E-state index is -4.67. The average Bonchev–Trinajstić information content (AvgIpc) is 3.41. The lowest BCUT2D eigenvalue weighted by Gasteiger charge is -2.11. The maximum Gasteiger partial charge on any atom is 0.433 e. The maximum absolute atomic E-state index is 13.8. The molecule has 0 aliphatic rings. The van der Waals surface area contributed by atoms with Gasteiger partial charge in [-0.1, -0.05) is 12.1 Å². The van der Waals surface area contributed by atoms with E-state index < -0.39 is 17.8 Å². The molecule has 10 heteroatoms. The van der Waals surface area contributed by atoms with Gasteiger partial charge in [-0.25, -0.2) is 9.50 Å². The van der Waals surface area contributed by atoms with Crippen LogP contribution in [0.1, 0.15) is 33.7 Å². The van der Waals surface area contributed by atoms with Crippen LogP contribution in [0.4, 0.5) is 13.2 Å². The molecule has 0 radical (unpaired) electrons. The minimum absolute atomic E-state index is 0.0465. The molecule has 0 spiro atoms. The van der Waals surface area contributed by atoms with Gasteiger partial charge in [-0.05, 0) is 49.6 Å². The van der Waals surface area contributed by atoms with Gasteiger partial charge in [-0.15, -0.1) is 0 Å². The molecule has 1 N–H and O–H groups in total. The summed E-state index contributed by atoms with van der Waals surface area (Å²) in [5.41, 5.74) is 1.54. The van der Waals surface area contributed by atoms with Crippen molar-refractivity contribution in [2.24, 2.45) is 0 Å². The zero-order valence-electron chi connectivity index (χ0n) is 17.5. The molecule has 0 aliphatic heterocycles. The van der Waals surface area contributed by atoms with Crippen LogP contribution >= 0.6 is 0 Å². The molecule has 0 fully saturated rings. The second-order valence-corrected chi connectivity index (χ2v) is 7.50. The molecule has 1 aromatic carbocycles. The number of alkyl halides is 3. The van der Waals surface area contributed by atoms with Crippen molar-refractivity contribution in [1.29, 1.82) is 0 Å². The number of aromatic nitrogens is 5. The van der Waals surface area contributed by atoms with Gasteiger partial charge in [0.15, 0.2) is 17.0 Å². The first-order valence-electron chi connectivity index (χ1n) is 10.0. The number of fused-ring (bicyclic) bond motifs is 1. The molecule has 4 aromatic rings. The van der Waals surface area contributed by atoms with Gasteiger partial charge in [0.1, 0.15) is 0 Å². The molecule has 7 nitrogen and oxygen atoms in total. The Labute approximate surface area is 181 Å². The van der Waals surface area contributed by atoms with Crippen LogP contribution < -0.4 is 5.32 Å². The lowest BCUT2D eigenvalue weighted by Crippen LogP contribution is -2.26. The summed E-state index contributed by atoms with van der Waals surface area (Å²) in [6.45, 7) is 4.75. The first kappa shape index (κ1) is 21.5. The van der Waals surface area contributed by atoms with Crippen LogP contribution in [0.3, 0.4) is 0 Å². The van der Waals surface area contributed by atoms with E-state index in [2.05, 4.69) is 20.5 Å². The van der Waals surface area contributed by atoms with Gasteiger partial charge < -0.3 is 5.32 Å². The lowest BCUT2D eigenvalue weighted by molar-refractivity contribution is -0.142. The van der Waals surface area contributed by atoms with Crippen LogP contribution in [-0.4, -0.2) is 36.8 Å². The number of nitrogens with one attached hydrogen (secondary N) is 1. The maximum atomic E-state index is 13.8. The van der Waals surface area contributed by atoms with E-state index in [1.807, 2.05) is 19.9 Å². The van der Waals surface area contributed by atoms with Gasteiger partial charge >= 0.3 is 6.18 Å². The summed E-state index contributed by atoms with van der Waals surface area (Å²) in [6.07, 6.45) is -0.586. The summed E-state index contributed by atoms with van der Waals surface area (Å²) < 4.78 is 43.7. The van der Waals surface area contributed by atoms with Crippen molar-refractivity contribution in [1.82, 2.24) is 29.7 Å². The molecule has 3 aromatic heterocycles. The highest BCUT2D eigenvalue weighted by atomic mass is 19.4. The standard InChI is InChI=1S/C22H21F3N6O/c1-14-5-6-16(11-15(14)2)17-12-19(22(23,24)25)31-20(28-17)13-18(29-31)21(32)26-7-3-9-30-10-4-8-27-30/h4-6,8,10-13H,3,7,9H2,1-2H3,(H,26,32). The van der Waals surface area contributed by atoms with Crippen molar-refractivity contribution in [2.45, 2.75) is 33.0 Å². The molecular weight excluding hydrogens is 421 g/mol. The number of carbonyl (C=O) groups is 1. The number of hydrogen-bond donors (Lipinski definition) is 1. The number of carbonyl (C=O) groups excluding carboxylic acids is 1. The van der Waals surface area contributed by atoms with Gasteiger partial charge in [0, 0.05) is 37.1 Å². The Morgan fingerprint density at radius 1 is 1.12 bits per heavy atom. The molecule has 0 saturated carbocycles. The molecule has 32 heavy (non-hydrogen) atoms. The molecule has 4 rings (SSSR count).